The van der Waals surface area contributed by atoms with Crippen molar-refractivity contribution >= 4 is 16.9 Å². The molecule has 1 N–H and O–H groups in total. The van der Waals surface area contributed by atoms with Crippen LogP contribution in [-0.4, -0.2) is 11.0 Å². The Morgan fingerprint density at radius 3 is 2.86 bits per heavy atom. The lowest BCUT2D eigenvalue weighted by molar-refractivity contribution is -0.304. The van der Waals surface area contributed by atoms with Crippen LogP contribution in [-0.2, 0) is 11.2 Å². The van der Waals surface area contributed by atoms with Gasteiger partial charge in [0, 0.05) is 29.0 Å². The van der Waals surface area contributed by atoms with Crippen LogP contribution < -0.4 is 5.11 Å². The predicted octanol–water partition coefficient (Wildman–Crippen LogP) is 0.769. The summed E-state index contributed by atoms with van der Waals surface area (Å²) in [4.78, 5) is 13.7. The summed E-state index contributed by atoms with van der Waals surface area (Å²) < 4.78 is 0. The Morgan fingerprint density at radius 2 is 2.14 bits per heavy atom. The number of aliphatic carboxylic acids is 1. The van der Waals surface area contributed by atoms with Crippen LogP contribution in [0.25, 0.3) is 10.9 Å². The number of rotatable bonds is 2. The van der Waals surface area contributed by atoms with Gasteiger partial charge >= 0.3 is 0 Å². The van der Waals surface area contributed by atoms with E-state index < -0.39 is 5.97 Å². The fourth-order valence-electron chi connectivity index (χ4n) is 1.71. The topological polar surface area (TPSA) is 55.9 Å². The van der Waals surface area contributed by atoms with E-state index in [1.165, 1.54) is 0 Å². The number of nitrogens with one attached hydrogen (secondary N) is 1. The molecule has 0 bridgehead atoms. The Hall–Kier alpha value is -1.77. The van der Waals surface area contributed by atoms with E-state index >= 15 is 0 Å². The molecule has 1 aromatic heterocycles. The maximum Gasteiger partial charge on any atom is 0.0459 e. The van der Waals surface area contributed by atoms with E-state index in [9.17, 15) is 9.90 Å². The van der Waals surface area contributed by atoms with Gasteiger partial charge in [0.1, 0.15) is 0 Å². The van der Waals surface area contributed by atoms with Crippen LogP contribution in [0.4, 0.5) is 0 Å². The first-order chi connectivity index (χ1) is 6.68. The third-order valence-electron chi connectivity index (χ3n) is 2.35. The molecule has 1 heterocycles. The number of carbonyl (C=O) groups is 1. The van der Waals surface area contributed by atoms with Crippen LogP contribution in [0.3, 0.4) is 0 Å². The SMILES string of the molecule is Cc1[nH]c2ccccc2c1CC(=O)[O-]. The molecule has 0 amide bonds. The molecule has 0 radical (unpaired) electrons. The van der Waals surface area contributed by atoms with Gasteiger partial charge in [0.2, 0.25) is 0 Å². The van der Waals surface area contributed by atoms with Gasteiger partial charge < -0.3 is 14.9 Å². The number of carboxylic acids is 1. The van der Waals surface area contributed by atoms with Crippen molar-refractivity contribution in [3.8, 4) is 0 Å². The lowest BCUT2D eigenvalue weighted by Crippen LogP contribution is -2.24. The molecule has 0 saturated heterocycles. The Balaban J connectivity index is 2.62. The highest BCUT2D eigenvalue weighted by atomic mass is 16.4. The smallest absolute Gasteiger partial charge is 0.0459 e. The molecular formula is C11H10NO2-. The number of aromatic amines is 1. The fraction of sp³-hybridized carbons (Fsp3) is 0.182. The standard InChI is InChI=1S/C11H11NO2/c1-7-9(6-11(13)14)8-4-2-3-5-10(8)12-7/h2-5,12H,6H2,1H3,(H,13,14)/p-1. The number of carbonyl (C=O) groups excluding carboxylic acids is 1. The average molecular weight is 188 g/mol. The van der Waals surface area contributed by atoms with Gasteiger partial charge in [-0.2, -0.15) is 0 Å². The molecular weight excluding hydrogens is 178 g/mol. The van der Waals surface area contributed by atoms with Gasteiger partial charge in [-0.25, -0.2) is 0 Å². The number of fused-ring (bicyclic) bond motifs is 1. The molecule has 0 aliphatic carbocycles. The summed E-state index contributed by atoms with van der Waals surface area (Å²) in [5.41, 5.74) is 2.69. The van der Waals surface area contributed by atoms with Gasteiger partial charge in [-0.15, -0.1) is 0 Å². The van der Waals surface area contributed by atoms with Crippen LogP contribution in [0, 0.1) is 6.92 Å². The second-order valence-corrected chi connectivity index (χ2v) is 3.32. The second kappa shape index (κ2) is 3.18. The van der Waals surface area contributed by atoms with Crippen LogP contribution in [0.5, 0.6) is 0 Å². The molecule has 0 fully saturated rings. The van der Waals surface area contributed by atoms with Crippen molar-refractivity contribution < 1.29 is 9.90 Å². The number of benzene rings is 1. The van der Waals surface area contributed by atoms with E-state index in [1.54, 1.807) is 0 Å². The summed E-state index contributed by atoms with van der Waals surface area (Å²) in [7, 11) is 0. The fourth-order valence-corrected chi connectivity index (χ4v) is 1.71. The van der Waals surface area contributed by atoms with Crippen LogP contribution in [0.1, 0.15) is 11.3 Å². The van der Waals surface area contributed by atoms with E-state index in [2.05, 4.69) is 4.98 Å². The van der Waals surface area contributed by atoms with E-state index in [4.69, 9.17) is 0 Å². The first-order valence-electron chi connectivity index (χ1n) is 4.44. The minimum Gasteiger partial charge on any atom is -0.550 e. The summed E-state index contributed by atoms with van der Waals surface area (Å²) in [5, 5.41) is 11.5. The van der Waals surface area contributed by atoms with Crippen molar-refractivity contribution in [3.05, 3.63) is 35.5 Å². The van der Waals surface area contributed by atoms with Gasteiger partial charge in [-0.05, 0) is 18.6 Å². The number of aryl methyl sites for hydroxylation is 1. The van der Waals surface area contributed by atoms with Crippen molar-refractivity contribution in [2.75, 3.05) is 0 Å². The predicted molar refractivity (Wildman–Crippen MR) is 51.7 cm³/mol. The Labute approximate surface area is 81.4 Å². The molecule has 0 saturated carbocycles. The molecule has 3 heteroatoms. The van der Waals surface area contributed by atoms with Crippen LogP contribution in [0.15, 0.2) is 24.3 Å². The first kappa shape index (κ1) is 8.81. The van der Waals surface area contributed by atoms with Gasteiger partial charge in [0.15, 0.2) is 0 Å². The third-order valence-corrected chi connectivity index (χ3v) is 2.35. The Morgan fingerprint density at radius 1 is 1.43 bits per heavy atom. The highest BCUT2D eigenvalue weighted by Gasteiger charge is 2.06. The minimum atomic E-state index is -1.04. The molecule has 1 aromatic carbocycles. The molecule has 0 spiro atoms. The molecule has 3 nitrogen and oxygen atoms in total. The quantitative estimate of drug-likeness (QED) is 0.756. The Bertz CT molecular complexity index is 485. The zero-order valence-corrected chi connectivity index (χ0v) is 7.83. The normalized spacial score (nSPS) is 10.6. The molecule has 72 valence electrons. The number of hydrogen-bond donors (Lipinski definition) is 1. The van der Waals surface area contributed by atoms with Gasteiger partial charge in [0.05, 0.1) is 0 Å². The van der Waals surface area contributed by atoms with Gasteiger partial charge in [0.25, 0.3) is 0 Å². The molecule has 0 atom stereocenters. The number of para-hydroxylation sites is 1. The van der Waals surface area contributed by atoms with Crippen molar-refractivity contribution in [2.24, 2.45) is 0 Å². The number of aromatic nitrogens is 1. The van der Waals surface area contributed by atoms with E-state index in [0.717, 1.165) is 22.2 Å². The summed E-state index contributed by atoms with van der Waals surface area (Å²) in [6.45, 7) is 1.87. The molecule has 2 aromatic rings. The molecule has 14 heavy (non-hydrogen) atoms. The van der Waals surface area contributed by atoms with E-state index in [1.807, 2.05) is 31.2 Å². The van der Waals surface area contributed by atoms with E-state index in [-0.39, 0.29) is 6.42 Å². The largest absolute Gasteiger partial charge is 0.550 e. The zero-order chi connectivity index (χ0) is 10.1. The van der Waals surface area contributed by atoms with Crippen LogP contribution in [0.2, 0.25) is 0 Å². The number of hydrogen-bond acceptors (Lipinski definition) is 2. The van der Waals surface area contributed by atoms with Crippen molar-refractivity contribution in [3.63, 3.8) is 0 Å². The zero-order valence-electron chi connectivity index (χ0n) is 7.83. The van der Waals surface area contributed by atoms with E-state index in [0.29, 0.717) is 0 Å². The summed E-state index contributed by atoms with van der Waals surface area (Å²) in [5.74, 6) is -1.04. The average Bonchev–Trinajstić information content (AvgIpc) is 2.43. The molecule has 2 rings (SSSR count). The summed E-state index contributed by atoms with van der Waals surface area (Å²) in [6.07, 6.45) is -0.0319. The minimum absolute atomic E-state index is 0.0319. The highest BCUT2D eigenvalue weighted by molar-refractivity contribution is 5.87. The lowest BCUT2D eigenvalue weighted by Gasteiger charge is -2.01. The van der Waals surface area contributed by atoms with Crippen LogP contribution >= 0.6 is 0 Å². The molecule has 0 aliphatic heterocycles. The van der Waals surface area contributed by atoms with Crippen molar-refractivity contribution in [1.29, 1.82) is 0 Å². The summed E-state index contributed by atoms with van der Waals surface area (Å²) in [6, 6.07) is 7.66. The number of H-pyrrole nitrogens is 1. The first-order valence-corrected chi connectivity index (χ1v) is 4.44. The number of carboxylic acid groups (broad SMARTS) is 1. The van der Waals surface area contributed by atoms with Gasteiger partial charge in [-0.1, -0.05) is 18.2 Å². The monoisotopic (exact) mass is 188 g/mol. The maximum absolute atomic E-state index is 10.5. The second-order valence-electron chi connectivity index (χ2n) is 3.32. The third kappa shape index (κ3) is 1.37. The molecule has 0 aliphatic rings. The Kier molecular flexibility index (Phi) is 2.00. The van der Waals surface area contributed by atoms with Crippen molar-refractivity contribution in [2.45, 2.75) is 13.3 Å². The maximum atomic E-state index is 10.5. The molecule has 0 unspecified atom stereocenters. The lowest BCUT2D eigenvalue weighted by atomic mass is 10.1. The van der Waals surface area contributed by atoms with Gasteiger partial charge in [-0.3, -0.25) is 0 Å². The van der Waals surface area contributed by atoms with Crippen molar-refractivity contribution in [1.82, 2.24) is 4.98 Å². The summed E-state index contributed by atoms with van der Waals surface area (Å²) >= 11 is 0. The highest BCUT2D eigenvalue weighted by Crippen LogP contribution is 2.21.